The van der Waals surface area contributed by atoms with Gasteiger partial charge in [0.15, 0.2) is 11.5 Å². The number of hydrazone groups is 1. The van der Waals surface area contributed by atoms with Gasteiger partial charge < -0.3 is 14.6 Å². The van der Waals surface area contributed by atoms with Gasteiger partial charge in [0, 0.05) is 11.6 Å². The summed E-state index contributed by atoms with van der Waals surface area (Å²) in [7, 11) is 0. The Balaban J connectivity index is 1.73. The molecule has 0 saturated heterocycles. The van der Waals surface area contributed by atoms with Crippen LogP contribution in [0.1, 0.15) is 15.9 Å². The maximum atomic E-state index is 12.0. The third-order valence-corrected chi connectivity index (χ3v) is 3.21. The van der Waals surface area contributed by atoms with Crippen molar-refractivity contribution >= 4 is 17.8 Å². The zero-order valence-electron chi connectivity index (χ0n) is 12.1. The van der Waals surface area contributed by atoms with Gasteiger partial charge in [0.2, 0.25) is 6.79 Å². The number of phenols is 1. The van der Waals surface area contributed by atoms with Crippen LogP contribution in [0.25, 0.3) is 0 Å². The van der Waals surface area contributed by atoms with Gasteiger partial charge in [-0.3, -0.25) is 14.9 Å². The number of nitro groups is 1. The molecule has 0 unspecified atom stereocenters. The minimum absolute atomic E-state index is 0.0611. The second kappa shape index (κ2) is 6.24. The highest BCUT2D eigenvalue weighted by Crippen LogP contribution is 2.32. The summed E-state index contributed by atoms with van der Waals surface area (Å²) in [5.74, 6) is 0.331. The summed E-state index contributed by atoms with van der Waals surface area (Å²) in [6.45, 7) is 0.0970. The van der Waals surface area contributed by atoms with Crippen molar-refractivity contribution < 1.29 is 24.3 Å². The average molecular weight is 329 g/mol. The largest absolute Gasteiger partial charge is 0.508 e. The number of benzene rings is 2. The number of nitrogens with one attached hydrogen (secondary N) is 1. The van der Waals surface area contributed by atoms with E-state index >= 15 is 0 Å². The lowest BCUT2D eigenvalue weighted by Gasteiger charge is -2.02. The van der Waals surface area contributed by atoms with Crippen LogP contribution in [0.5, 0.6) is 17.2 Å². The van der Waals surface area contributed by atoms with E-state index in [1.54, 1.807) is 6.07 Å². The Morgan fingerprint density at radius 3 is 2.83 bits per heavy atom. The number of hydrogen-bond donors (Lipinski definition) is 2. The summed E-state index contributed by atoms with van der Waals surface area (Å²) in [6, 6.07) is 8.16. The van der Waals surface area contributed by atoms with E-state index in [4.69, 9.17) is 9.47 Å². The molecular weight excluding hydrogens is 318 g/mol. The highest BCUT2D eigenvalue weighted by Gasteiger charge is 2.16. The molecule has 3 rings (SSSR count). The second-order valence-corrected chi connectivity index (χ2v) is 4.77. The van der Waals surface area contributed by atoms with Crippen molar-refractivity contribution in [2.24, 2.45) is 5.10 Å². The van der Waals surface area contributed by atoms with Gasteiger partial charge in [0.05, 0.1) is 16.7 Å². The fourth-order valence-corrected chi connectivity index (χ4v) is 2.07. The summed E-state index contributed by atoms with van der Waals surface area (Å²) in [6.07, 6.45) is 1.09. The van der Waals surface area contributed by atoms with Gasteiger partial charge in [-0.1, -0.05) is 0 Å². The van der Waals surface area contributed by atoms with E-state index in [1.165, 1.54) is 24.3 Å². The van der Waals surface area contributed by atoms with Crippen molar-refractivity contribution in [2.45, 2.75) is 0 Å². The van der Waals surface area contributed by atoms with Crippen LogP contribution in [0.3, 0.4) is 0 Å². The average Bonchev–Trinajstić information content (AvgIpc) is 3.02. The lowest BCUT2D eigenvalue weighted by molar-refractivity contribution is -0.385. The minimum atomic E-state index is -0.611. The normalized spacial score (nSPS) is 12.3. The van der Waals surface area contributed by atoms with E-state index in [0.717, 1.165) is 12.3 Å². The molecule has 1 aliphatic heterocycles. The molecule has 0 saturated carbocycles. The highest BCUT2D eigenvalue weighted by molar-refractivity contribution is 5.96. The number of phenolic OH excluding ortho intramolecular Hbond substituents is 1. The van der Waals surface area contributed by atoms with Crippen LogP contribution in [0.4, 0.5) is 5.69 Å². The number of aromatic hydroxyl groups is 1. The lowest BCUT2D eigenvalue weighted by Crippen LogP contribution is -2.17. The van der Waals surface area contributed by atoms with Gasteiger partial charge in [0.25, 0.3) is 11.6 Å². The first kappa shape index (κ1) is 15.3. The molecule has 0 bridgehead atoms. The van der Waals surface area contributed by atoms with E-state index in [2.05, 4.69) is 10.5 Å². The van der Waals surface area contributed by atoms with Gasteiger partial charge in [-0.05, 0) is 30.3 Å². The van der Waals surface area contributed by atoms with Crippen molar-refractivity contribution in [3.63, 3.8) is 0 Å². The molecule has 1 amide bonds. The Morgan fingerprint density at radius 1 is 1.25 bits per heavy atom. The Kier molecular flexibility index (Phi) is 3.98. The zero-order valence-corrected chi connectivity index (χ0v) is 12.1. The van der Waals surface area contributed by atoms with Crippen LogP contribution < -0.4 is 14.9 Å². The highest BCUT2D eigenvalue weighted by atomic mass is 16.7. The summed E-state index contributed by atoms with van der Waals surface area (Å²) in [5, 5.41) is 24.0. The first-order valence-corrected chi connectivity index (χ1v) is 6.75. The predicted molar refractivity (Wildman–Crippen MR) is 82.4 cm³/mol. The number of ether oxygens (including phenoxy) is 2. The Labute approximate surface area is 135 Å². The van der Waals surface area contributed by atoms with E-state index in [9.17, 15) is 20.0 Å². The number of carbonyl (C=O) groups is 1. The third-order valence-electron chi connectivity index (χ3n) is 3.21. The van der Waals surface area contributed by atoms with Crippen molar-refractivity contribution in [1.82, 2.24) is 5.43 Å². The van der Waals surface area contributed by atoms with Crippen molar-refractivity contribution in [3.05, 3.63) is 57.6 Å². The lowest BCUT2D eigenvalue weighted by atomic mass is 10.2. The summed E-state index contributed by atoms with van der Waals surface area (Å²) in [5.41, 5.74) is 2.37. The minimum Gasteiger partial charge on any atom is -0.508 e. The van der Waals surface area contributed by atoms with Crippen molar-refractivity contribution in [2.75, 3.05) is 6.79 Å². The molecule has 9 heteroatoms. The number of carbonyl (C=O) groups excluding carboxylic acids is 1. The SMILES string of the molecule is O=C(N/N=C/c1cc(O)ccc1[N+](=O)[O-])c1ccc2c(c1)OCO2. The first-order chi connectivity index (χ1) is 11.5. The monoisotopic (exact) mass is 329 g/mol. The molecule has 2 aromatic rings. The van der Waals surface area contributed by atoms with Crippen LogP contribution in [0.2, 0.25) is 0 Å². The Bertz CT molecular complexity index is 849. The number of fused-ring (bicyclic) bond motifs is 1. The first-order valence-electron chi connectivity index (χ1n) is 6.75. The van der Waals surface area contributed by atoms with Gasteiger partial charge in [0.1, 0.15) is 5.75 Å². The van der Waals surface area contributed by atoms with Gasteiger partial charge in [-0.25, -0.2) is 5.43 Å². The molecule has 0 atom stereocenters. The number of nitrogens with zero attached hydrogens (tertiary/aromatic N) is 2. The van der Waals surface area contributed by atoms with Crippen molar-refractivity contribution in [1.29, 1.82) is 0 Å². The molecule has 24 heavy (non-hydrogen) atoms. The number of nitro benzene ring substituents is 1. The summed E-state index contributed by atoms with van der Waals surface area (Å²) < 4.78 is 10.3. The molecule has 0 fully saturated rings. The van der Waals surface area contributed by atoms with E-state index in [0.29, 0.717) is 17.1 Å². The zero-order chi connectivity index (χ0) is 17.1. The fourth-order valence-electron chi connectivity index (χ4n) is 2.07. The number of rotatable bonds is 4. The molecular formula is C15H11N3O6. The molecule has 2 aromatic carbocycles. The van der Waals surface area contributed by atoms with Crippen LogP contribution in [-0.4, -0.2) is 28.9 Å². The van der Waals surface area contributed by atoms with Gasteiger partial charge >= 0.3 is 0 Å². The quantitative estimate of drug-likeness (QED) is 0.501. The molecule has 0 aliphatic carbocycles. The van der Waals surface area contributed by atoms with E-state index < -0.39 is 10.8 Å². The third kappa shape index (κ3) is 3.09. The molecule has 122 valence electrons. The molecule has 1 aliphatic rings. The molecule has 2 N–H and O–H groups in total. The smallest absolute Gasteiger partial charge is 0.278 e. The van der Waals surface area contributed by atoms with Gasteiger partial charge in [-0.2, -0.15) is 5.10 Å². The summed E-state index contributed by atoms with van der Waals surface area (Å²) >= 11 is 0. The second-order valence-electron chi connectivity index (χ2n) is 4.77. The van der Waals surface area contributed by atoms with Crippen LogP contribution in [0.15, 0.2) is 41.5 Å². The maximum Gasteiger partial charge on any atom is 0.278 e. The maximum absolute atomic E-state index is 12.0. The predicted octanol–water partition coefficient (Wildman–Crippen LogP) is 1.79. The van der Waals surface area contributed by atoms with Crippen molar-refractivity contribution in [3.8, 4) is 17.2 Å². The molecule has 0 radical (unpaired) electrons. The number of hydrogen-bond acceptors (Lipinski definition) is 7. The Morgan fingerprint density at radius 2 is 2.04 bits per heavy atom. The van der Waals surface area contributed by atoms with E-state index in [-0.39, 0.29) is 23.8 Å². The molecule has 0 spiro atoms. The van der Waals surface area contributed by atoms with E-state index in [1.807, 2.05) is 0 Å². The van der Waals surface area contributed by atoms with Gasteiger partial charge in [-0.15, -0.1) is 0 Å². The fraction of sp³-hybridized carbons (Fsp3) is 0.0667. The summed E-state index contributed by atoms with van der Waals surface area (Å²) in [4.78, 5) is 22.3. The molecule has 1 heterocycles. The molecule has 0 aromatic heterocycles. The topological polar surface area (TPSA) is 123 Å². The van der Waals surface area contributed by atoms with Crippen LogP contribution >= 0.6 is 0 Å². The van der Waals surface area contributed by atoms with Crippen LogP contribution in [-0.2, 0) is 0 Å². The standard InChI is InChI=1S/C15H11N3O6/c19-11-2-3-12(18(21)22)10(5-11)7-16-17-15(20)9-1-4-13-14(6-9)24-8-23-13/h1-7,19H,8H2,(H,17,20)/b16-7+. The van der Waals surface area contributed by atoms with Crippen LogP contribution in [0, 0.1) is 10.1 Å². The molecule has 9 nitrogen and oxygen atoms in total. The Hall–Kier alpha value is -3.62. The number of amides is 1.